The number of aromatic amines is 1. The predicted molar refractivity (Wildman–Crippen MR) is 127 cm³/mol. The lowest BCUT2D eigenvalue weighted by molar-refractivity contribution is 0.0247. The number of piperidine rings is 1. The van der Waals surface area contributed by atoms with Crippen LogP contribution in [0.4, 0.5) is 4.79 Å². The fraction of sp³-hybridized carbons (Fsp3) is 0.308. The molecule has 1 aromatic heterocycles. The Kier molecular flexibility index (Phi) is 5.78. The largest absolute Gasteiger partial charge is 0.444 e. The van der Waals surface area contributed by atoms with E-state index in [1.165, 1.54) is 0 Å². The van der Waals surface area contributed by atoms with Gasteiger partial charge in [0.25, 0.3) is 5.91 Å². The highest BCUT2D eigenvalue weighted by Crippen LogP contribution is 2.31. The van der Waals surface area contributed by atoms with E-state index in [2.05, 4.69) is 17.1 Å². The van der Waals surface area contributed by atoms with Gasteiger partial charge in [-0.1, -0.05) is 42.0 Å². The molecule has 2 amide bonds. The van der Waals surface area contributed by atoms with Gasteiger partial charge in [0.2, 0.25) is 0 Å². The first-order valence-electron chi connectivity index (χ1n) is 10.9. The highest BCUT2D eigenvalue weighted by molar-refractivity contribution is 6.08. The average Bonchev–Trinajstić information content (AvgIpc) is 3.15. The topological polar surface area (TPSA) is 88.4 Å². The van der Waals surface area contributed by atoms with E-state index in [-0.39, 0.29) is 6.09 Å². The van der Waals surface area contributed by atoms with Crippen LogP contribution in [0.2, 0.25) is 0 Å². The van der Waals surface area contributed by atoms with Crippen molar-refractivity contribution < 1.29 is 14.3 Å². The van der Waals surface area contributed by atoms with Gasteiger partial charge in [0.15, 0.2) is 0 Å². The number of carbonyl (C=O) groups is 2. The van der Waals surface area contributed by atoms with Crippen LogP contribution >= 0.6 is 0 Å². The van der Waals surface area contributed by atoms with E-state index >= 15 is 0 Å². The third kappa shape index (κ3) is 4.69. The van der Waals surface area contributed by atoms with Crippen molar-refractivity contribution in [1.82, 2.24) is 9.88 Å². The molecule has 1 aliphatic heterocycles. The number of hydrogen-bond acceptors (Lipinski definition) is 3. The molecule has 0 spiro atoms. The molecule has 2 aromatic carbocycles. The van der Waals surface area contributed by atoms with Crippen molar-refractivity contribution in [2.24, 2.45) is 5.73 Å². The molecular weight excluding hydrogens is 402 g/mol. The summed E-state index contributed by atoms with van der Waals surface area (Å²) in [6, 6.07) is 13.8. The van der Waals surface area contributed by atoms with Gasteiger partial charge < -0.3 is 20.4 Å². The molecule has 0 bridgehead atoms. The highest BCUT2D eigenvalue weighted by atomic mass is 16.6. The van der Waals surface area contributed by atoms with Crippen molar-refractivity contribution in [2.45, 2.75) is 39.2 Å². The zero-order valence-electron chi connectivity index (χ0n) is 18.8. The average molecular weight is 432 g/mol. The zero-order chi connectivity index (χ0) is 22.9. The van der Waals surface area contributed by atoms with Gasteiger partial charge in [-0.15, -0.1) is 0 Å². The Morgan fingerprint density at radius 1 is 1.12 bits per heavy atom. The normalized spacial score (nSPS) is 15.8. The van der Waals surface area contributed by atoms with Gasteiger partial charge in [-0.05, 0) is 62.4 Å². The molecule has 1 saturated heterocycles. The van der Waals surface area contributed by atoms with Crippen LogP contribution in [0.25, 0.3) is 28.1 Å². The first kappa shape index (κ1) is 21.7. The summed E-state index contributed by atoms with van der Waals surface area (Å²) in [5, 5.41) is 0.932. The van der Waals surface area contributed by atoms with E-state index in [1.807, 2.05) is 63.4 Å². The number of primary amides is 1. The lowest BCUT2D eigenvalue weighted by Gasteiger charge is -2.31. The summed E-state index contributed by atoms with van der Waals surface area (Å²) in [7, 11) is 0. The number of benzene rings is 2. The predicted octanol–water partition coefficient (Wildman–Crippen LogP) is 5.35. The molecule has 0 saturated carbocycles. The lowest BCUT2D eigenvalue weighted by atomic mass is 9.97. The standard InChI is InChI=1S/C26H29N3O3/c1-26(2,3)32-25(31)29-11-7-8-17(16-29)12-20-15-28-23-21(20)13-19(14-22(23)24(27)30)18-9-5-4-6-10-18/h4-6,9-10,12-15,28H,7-8,11,16H2,1-3H3,(H2,27,30). The van der Waals surface area contributed by atoms with Crippen LogP contribution in [0.3, 0.4) is 0 Å². The summed E-state index contributed by atoms with van der Waals surface area (Å²) in [6.45, 7) is 6.83. The summed E-state index contributed by atoms with van der Waals surface area (Å²) in [5.74, 6) is -0.470. The van der Waals surface area contributed by atoms with Gasteiger partial charge in [0.1, 0.15) is 5.60 Å². The van der Waals surface area contributed by atoms with Crippen molar-refractivity contribution in [1.29, 1.82) is 0 Å². The number of aromatic nitrogens is 1. The highest BCUT2D eigenvalue weighted by Gasteiger charge is 2.25. The summed E-state index contributed by atoms with van der Waals surface area (Å²) < 4.78 is 5.54. The third-order valence-corrected chi connectivity index (χ3v) is 5.53. The van der Waals surface area contributed by atoms with Crippen LogP contribution in [0.5, 0.6) is 0 Å². The van der Waals surface area contributed by atoms with Crippen molar-refractivity contribution in [3.63, 3.8) is 0 Å². The minimum absolute atomic E-state index is 0.288. The number of nitrogens with one attached hydrogen (secondary N) is 1. The maximum atomic E-state index is 12.5. The quantitative estimate of drug-likeness (QED) is 0.586. The summed E-state index contributed by atoms with van der Waals surface area (Å²) in [4.78, 5) is 29.6. The van der Waals surface area contributed by atoms with E-state index in [9.17, 15) is 9.59 Å². The Morgan fingerprint density at radius 2 is 1.88 bits per heavy atom. The molecule has 0 aliphatic carbocycles. The second kappa shape index (κ2) is 8.54. The van der Waals surface area contributed by atoms with Gasteiger partial charge in [-0.3, -0.25) is 4.79 Å². The van der Waals surface area contributed by atoms with Crippen molar-refractivity contribution in [3.05, 3.63) is 65.4 Å². The van der Waals surface area contributed by atoms with Crippen LogP contribution in [-0.4, -0.2) is 40.6 Å². The van der Waals surface area contributed by atoms with E-state index in [1.54, 1.807) is 4.90 Å². The van der Waals surface area contributed by atoms with Gasteiger partial charge in [-0.25, -0.2) is 4.79 Å². The number of rotatable bonds is 3. The number of likely N-dealkylation sites (tertiary alicyclic amines) is 1. The first-order chi connectivity index (χ1) is 15.2. The van der Waals surface area contributed by atoms with E-state index in [4.69, 9.17) is 10.5 Å². The Bertz CT molecular complexity index is 1190. The molecular formula is C26H29N3O3. The molecule has 1 aliphatic rings. The minimum atomic E-state index is -0.520. The van der Waals surface area contributed by atoms with Crippen molar-refractivity contribution >= 4 is 29.0 Å². The molecule has 1 fully saturated rings. The van der Waals surface area contributed by atoms with E-state index in [0.29, 0.717) is 18.7 Å². The number of hydrogen-bond donors (Lipinski definition) is 2. The summed E-state index contributed by atoms with van der Waals surface area (Å²) in [6.07, 6.45) is 5.51. The molecule has 3 aromatic rings. The maximum absolute atomic E-state index is 12.5. The fourth-order valence-electron chi connectivity index (χ4n) is 4.08. The number of ether oxygens (including phenoxy) is 1. The molecule has 0 radical (unpaired) electrons. The first-order valence-corrected chi connectivity index (χ1v) is 10.9. The van der Waals surface area contributed by atoms with Gasteiger partial charge >= 0.3 is 6.09 Å². The fourth-order valence-corrected chi connectivity index (χ4v) is 4.08. The van der Waals surface area contributed by atoms with E-state index in [0.717, 1.165) is 46.0 Å². The Labute approximate surface area is 188 Å². The third-order valence-electron chi connectivity index (χ3n) is 5.53. The number of nitrogens with zero attached hydrogens (tertiary/aromatic N) is 1. The zero-order valence-corrected chi connectivity index (χ0v) is 18.8. The monoisotopic (exact) mass is 431 g/mol. The summed E-state index contributed by atoms with van der Waals surface area (Å²) in [5.41, 5.74) is 10.4. The molecule has 0 unspecified atom stereocenters. The lowest BCUT2D eigenvalue weighted by Crippen LogP contribution is -2.40. The second-order valence-electron chi connectivity index (χ2n) is 9.23. The van der Waals surface area contributed by atoms with Crippen LogP contribution in [-0.2, 0) is 4.74 Å². The van der Waals surface area contributed by atoms with Crippen LogP contribution < -0.4 is 5.73 Å². The Balaban J connectivity index is 1.70. The number of carbonyl (C=O) groups excluding carboxylic acids is 2. The summed E-state index contributed by atoms with van der Waals surface area (Å²) >= 11 is 0. The van der Waals surface area contributed by atoms with Crippen molar-refractivity contribution in [2.75, 3.05) is 13.1 Å². The van der Waals surface area contributed by atoms with Crippen molar-refractivity contribution in [3.8, 4) is 11.1 Å². The molecule has 3 N–H and O–H groups in total. The molecule has 6 nitrogen and oxygen atoms in total. The Morgan fingerprint density at radius 3 is 2.56 bits per heavy atom. The number of amides is 2. The number of H-pyrrole nitrogens is 1. The van der Waals surface area contributed by atoms with Gasteiger partial charge in [-0.2, -0.15) is 0 Å². The molecule has 6 heteroatoms. The molecule has 0 atom stereocenters. The maximum Gasteiger partial charge on any atom is 0.410 e. The molecule has 4 rings (SSSR count). The Hall–Kier alpha value is -3.54. The van der Waals surface area contributed by atoms with Crippen LogP contribution in [0.1, 0.15) is 49.5 Å². The number of fused-ring (bicyclic) bond motifs is 1. The van der Waals surface area contributed by atoms with Crippen LogP contribution in [0.15, 0.2) is 54.2 Å². The molecule has 166 valence electrons. The minimum Gasteiger partial charge on any atom is -0.444 e. The molecule has 2 heterocycles. The number of nitrogens with two attached hydrogens (primary N) is 1. The second-order valence-corrected chi connectivity index (χ2v) is 9.23. The van der Waals surface area contributed by atoms with Gasteiger partial charge in [0.05, 0.1) is 11.1 Å². The van der Waals surface area contributed by atoms with E-state index < -0.39 is 11.5 Å². The van der Waals surface area contributed by atoms with Crippen LogP contribution in [0, 0.1) is 0 Å². The molecule has 32 heavy (non-hydrogen) atoms. The van der Waals surface area contributed by atoms with Gasteiger partial charge in [0, 0.05) is 24.7 Å². The smallest absolute Gasteiger partial charge is 0.410 e. The SMILES string of the molecule is CC(C)(C)OC(=O)N1CCCC(=Cc2c[nH]c3c(C(N)=O)cc(-c4ccccc4)cc23)C1.